The van der Waals surface area contributed by atoms with Crippen LogP contribution in [0.15, 0.2) is 53.4 Å². The van der Waals surface area contributed by atoms with Crippen LogP contribution in [0.3, 0.4) is 0 Å². The van der Waals surface area contributed by atoms with Crippen LogP contribution < -0.4 is 10.6 Å². The fraction of sp³-hybridized carbons (Fsp3) is 0.348. The molecule has 30 heavy (non-hydrogen) atoms. The predicted octanol–water partition coefficient (Wildman–Crippen LogP) is 5.23. The Labute approximate surface area is 181 Å². The molecule has 2 aromatic rings. The van der Waals surface area contributed by atoms with Crippen molar-refractivity contribution in [2.24, 2.45) is 5.92 Å². The van der Waals surface area contributed by atoms with Crippen molar-refractivity contribution in [3.05, 3.63) is 54.1 Å². The minimum Gasteiger partial charge on any atom is -0.339 e. The molecule has 0 unspecified atom stereocenters. The zero-order valence-corrected chi connectivity index (χ0v) is 18.1. The van der Waals surface area contributed by atoms with Crippen molar-refractivity contribution < 1.29 is 14.4 Å². The van der Waals surface area contributed by atoms with Crippen molar-refractivity contribution in [2.75, 3.05) is 24.7 Å². The van der Waals surface area contributed by atoms with Gasteiger partial charge in [-0.3, -0.25) is 14.4 Å². The number of thioether (sulfide) groups is 1. The van der Waals surface area contributed by atoms with Crippen LogP contribution in [0.25, 0.3) is 0 Å². The van der Waals surface area contributed by atoms with Crippen LogP contribution in [0.5, 0.6) is 0 Å². The number of amides is 3. The molecular formula is C23H27N3O3S. The molecule has 0 spiro atoms. The van der Waals surface area contributed by atoms with Crippen LogP contribution in [0.2, 0.25) is 0 Å². The molecule has 2 aromatic carbocycles. The average Bonchev–Trinajstić information content (AvgIpc) is 2.75. The van der Waals surface area contributed by atoms with E-state index in [4.69, 9.17) is 0 Å². The van der Waals surface area contributed by atoms with Crippen LogP contribution in [-0.2, 0) is 4.79 Å². The van der Waals surface area contributed by atoms with E-state index in [0.29, 0.717) is 21.8 Å². The average molecular weight is 426 g/mol. The first kappa shape index (κ1) is 21.9. The van der Waals surface area contributed by atoms with E-state index in [2.05, 4.69) is 10.6 Å². The Morgan fingerprint density at radius 1 is 0.933 bits per heavy atom. The second-order valence-electron chi connectivity index (χ2n) is 7.62. The minimum atomic E-state index is -0.297. The summed E-state index contributed by atoms with van der Waals surface area (Å²) < 4.78 is 0. The zero-order chi connectivity index (χ0) is 21.5. The molecule has 2 N–H and O–H groups in total. The third-order valence-electron chi connectivity index (χ3n) is 5.07. The van der Waals surface area contributed by atoms with Gasteiger partial charge in [-0.25, -0.2) is 0 Å². The number of para-hydroxylation sites is 1. The lowest BCUT2D eigenvalue weighted by atomic mass is 9.88. The Hall–Kier alpha value is -2.80. The molecule has 6 nitrogen and oxygen atoms in total. The fourth-order valence-corrected chi connectivity index (χ4v) is 4.13. The molecule has 1 fully saturated rings. The Bertz CT molecular complexity index is 923. The van der Waals surface area contributed by atoms with Crippen molar-refractivity contribution in [3.63, 3.8) is 0 Å². The normalized spacial score (nSPS) is 14.1. The first-order valence-electron chi connectivity index (χ1n) is 10.1. The fourth-order valence-electron chi connectivity index (χ4n) is 3.39. The molecule has 158 valence electrons. The van der Waals surface area contributed by atoms with Crippen LogP contribution >= 0.6 is 11.8 Å². The lowest BCUT2D eigenvalue weighted by molar-refractivity contribution is -0.120. The predicted molar refractivity (Wildman–Crippen MR) is 121 cm³/mol. The number of anilines is 2. The van der Waals surface area contributed by atoms with Crippen molar-refractivity contribution in [2.45, 2.75) is 37.0 Å². The summed E-state index contributed by atoms with van der Waals surface area (Å²) in [5.41, 5.74) is 1.62. The summed E-state index contributed by atoms with van der Waals surface area (Å²) in [6.07, 6.45) is 5.22. The number of benzene rings is 2. The lowest BCUT2D eigenvalue weighted by Crippen LogP contribution is -2.24. The van der Waals surface area contributed by atoms with E-state index < -0.39 is 0 Å². The minimum absolute atomic E-state index is 0.0243. The molecule has 3 rings (SSSR count). The highest BCUT2D eigenvalue weighted by Gasteiger charge is 2.21. The maximum atomic E-state index is 12.8. The molecule has 7 heteroatoms. The number of nitrogens with zero attached hydrogens (tertiary/aromatic N) is 1. The number of carbonyl (C=O) groups excluding carboxylic acids is 3. The van der Waals surface area contributed by atoms with E-state index in [9.17, 15) is 14.4 Å². The third kappa shape index (κ3) is 5.86. The van der Waals surface area contributed by atoms with Crippen molar-refractivity contribution >= 4 is 40.2 Å². The summed E-state index contributed by atoms with van der Waals surface area (Å²) in [6.45, 7) is 0. The first-order valence-corrected chi connectivity index (χ1v) is 11.0. The van der Waals surface area contributed by atoms with E-state index in [1.165, 1.54) is 11.3 Å². The van der Waals surface area contributed by atoms with Gasteiger partial charge in [0, 0.05) is 36.2 Å². The smallest absolute Gasteiger partial charge is 0.286 e. The Kier molecular flexibility index (Phi) is 7.52. The molecule has 0 aromatic heterocycles. The summed E-state index contributed by atoms with van der Waals surface area (Å²) in [4.78, 5) is 39.5. The molecule has 0 saturated heterocycles. The second-order valence-corrected chi connectivity index (χ2v) is 8.61. The zero-order valence-electron chi connectivity index (χ0n) is 17.3. The standard InChI is InChI=1S/C23H27N3O3S/c1-26(2)23(29)30-20-14-7-6-13-19(20)25-22(28)17-11-8-12-18(15-17)24-21(27)16-9-4-3-5-10-16/h6-8,11-16H,3-5,9-10H2,1-2H3,(H,24,27)(H,25,28). The highest BCUT2D eigenvalue weighted by Crippen LogP contribution is 2.29. The van der Waals surface area contributed by atoms with Gasteiger partial charge in [0.1, 0.15) is 0 Å². The number of rotatable bonds is 5. The molecule has 1 aliphatic rings. The first-order chi connectivity index (χ1) is 14.4. The largest absolute Gasteiger partial charge is 0.339 e. The van der Waals surface area contributed by atoms with E-state index in [-0.39, 0.29) is 23.0 Å². The highest BCUT2D eigenvalue weighted by molar-refractivity contribution is 8.13. The number of nitrogens with one attached hydrogen (secondary N) is 2. The van der Waals surface area contributed by atoms with Crippen LogP contribution in [0, 0.1) is 5.92 Å². The summed E-state index contributed by atoms with van der Waals surface area (Å²) in [6, 6.07) is 14.1. The second kappa shape index (κ2) is 10.3. The SMILES string of the molecule is CN(C)C(=O)Sc1ccccc1NC(=O)c1cccc(NC(=O)C2CCCCC2)c1. The van der Waals surface area contributed by atoms with Gasteiger partial charge in [-0.15, -0.1) is 0 Å². The van der Waals surface area contributed by atoms with Crippen molar-refractivity contribution in [1.82, 2.24) is 4.90 Å². The van der Waals surface area contributed by atoms with Gasteiger partial charge in [-0.1, -0.05) is 37.5 Å². The maximum absolute atomic E-state index is 12.8. The van der Waals surface area contributed by atoms with Crippen LogP contribution in [0.4, 0.5) is 16.2 Å². The molecular weight excluding hydrogens is 398 g/mol. The Morgan fingerprint density at radius 2 is 1.67 bits per heavy atom. The van der Waals surface area contributed by atoms with Crippen molar-refractivity contribution in [3.8, 4) is 0 Å². The third-order valence-corrected chi connectivity index (χ3v) is 6.18. The van der Waals surface area contributed by atoms with E-state index >= 15 is 0 Å². The summed E-state index contributed by atoms with van der Waals surface area (Å²) in [5.74, 6) is -0.223. The Morgan fingerprint density at radius 3 is 2.40 bits per heavy atom. The summed E-state index contributed by atoms with van der Waals surface area (Å²) in [5, 5.41) is 5.70. The summed E-state index contributed by atoms with van der Waals surface area (Å²) >= 11 is 1.06. The molecule has 0 heterocycles. The van der Waals surface area contributed by atoms with E-state index in [1.54, 1.807) is 56.6 Å². The maximum Gasteiger partial charge on any atom is 0.286 e. The number of hydrogen-bond acceptors (Lipinski definition) is 4. The molecule has 1 aliphatic carbocycles. The van der Waals surface area contributed by atoms with E-state index in [1.807, 2.05) is 6.07 Å². The molecule has 0 aliphatic heterocycles. The van der Waals surface area contributed by atoms with Gasteiger partial charge in [0.05, 0.1) is 5.69 Å². The van der Waals surface area contributed by atoms with Gasteiger partial charge in [0.25, 0.3) is 11.1 Å². The highest BCUT2D eigenvalue weighted by atomic mass is 32.2. The van der Waals surface area contributed by atoms with E-state index in [0.717, 1.165) is 37.4 Å². The van der Waals surface area contributed by atoms with Crippen LogP contribution in [0.1, 0.15) is 42.5 Å². The van der Waals surface area contributed by atoms with Gasteiger partial charge >= 0.3 is 0 Å². The number of hydrogen-bond donors (Lipinski definition) is 2. The lowest BCUT2D eigenvalue weighted by Gasteiger charge is -2.20. The Balaban J connectivity index is 1.68. The van der Waals surface area contributed by atoms with Gasteiger partial charge < -0.3 is 15.5 Å². The molecule has 3 amide bonds. The monoisotopic (exact) mass is 425 g/mol. The van der Waals surface area contributed by atoms with Crippen LogP contribution in [-0.4, -0.2) is 36.0 Å². The number of carbonyl (C=O) groups is 3. The van der Waals surface area contributed by atoms with Gasteiger partial charge in [-0.2, -0.15) is 0 Å². The van der Waals surface area contributed by atoms with Gasteiger partial charge in [-0.05, 0) is 54.9 Å². The molecule has 0 bridgehead atoms. The van der Waals surface area contributed by atoms with Gasteiger partial charge in [0.2, 0.25) is 5.91 Å². The van der Waals surface area contributed by atoms with Gasteiger partial charge in [0.15, 0.2) is 0 Å². The summed E-state index contributed by atoms with van der Waals surface area (Å²) in [7, 11) is 3.37. The topological polar surface area (TPSA) is 78.5 Å². The molecule has 0 radical (unpaired) electrons. The van der Waals surface area contributed by atoms with Crippen molar-refractivity contribution in [1.29, 1.82) is 0 Å². The molecule has 1 saturated carbocycles. The quantitative estimate of drug-likeness (QED) is 0.643. The molecule has 0 atom stereocenters.